The van der Waals surface area contributed by atoms with Crippen molar-refractivity contribution < 1.29 is 0 Å². The Morgan fingerprint density at radius 2 is 1.96 bits per heavy atom. The van der Waals surface area contributed by atoms with Gasteiger partial charge in [-0.2, -0.15) is 0 Å². The predicted octanol–water partition coefficient (Wildman–Crippen LogP) is 4.05. The van der Waals surface area contributed by atoms with Crippen molar-refractivity contribution in [3.8, 4) is 0 Å². The molecular weight excluding hydrogens is 314 g/mol. The van der Waals surface area contributed by atoms with Gasteiger partial charge in [0, 0.05) is 23.1 Å². The van der Waals surface area contributed by atoms with E-state index in [-0.39, 0.29) is 17.5 Å². The molecule has 0 N–H and O–H groups in total. The van der Waals surface area contributed by atoms with E-state index < -0.39 is 0 Å². The van der Waals surface area contributed by atoms with E-state index in [9.17, 15) is 4.79 Å². The number of azide groups is 1. The molecular formula is C19H17N5O. The summed E-state index contributed by atoms with van der Waals surface area (Å²) in [6.45, 7) is 0. The number of hydrogen-bond acceptors (Lipinski definition) is 3. The first-order valence-corrected chi connectivity index (χ1v) is 8.36. The van der Waals surface area contributed by atoms with E-state index in [2.05, 4.69) is 10.0 Å². The lowest BCUT2D eigenvalue weighted by Gasteiger charge is -2.16. The van der Waals surface area contributed by atoms with Crippen LogP contribution in [0.25, 0.3) is 16.1 Å². The number of aromatic nitrogens is 2. The van der Waals surface area contributed by atoms with Crippen LogP contribution in [0.1, 0.15) is 35.7 Å². The minimum atomic E-state index is -0.374. The normalized spacial score (nSPS) is 14.9. The van der Waals surface area contributed by atoms with E-state index in [1.54, 1.807) is 16.7 Å². The molecule has 1 unspecified atom stereocenters. The highest BCUT2D eigenvalue weighted by Gasteiger charge is 2.35. The second kappa shape index (κ2) is 6.42. The number of pyridine rings is 1. The van der Waals surface area contributed by atoms with Crippen LogP contribution in [0.15, 0.2) is 64.6 Å². The number of benzene rings is 1. The topological polar surface area (TPSA) is 83.1 Å². The van der Waals surface area contributed by atoms with Gasteiger partial charge in [0.2, 0.25) is 0 Å². The summed E-state index contributed by atoms with van der Waals surface area (Å²) in [5.41, 5.74) is 11.7. The molecule has 4 rings (SSSR count). The monoisotopic (exact) mass is 331 g/mol. The quantitative estimate of drug-likeness (QED) is 0.401. The molecule has 3 aromatic rings. The molecule has 6 heteroatoms. The standard InChI is InChI=1S/C19H17N5O/c20-23-22-17(14-9-10-14)18-15(12-13-6-2-1-3-7-13)19(25)24-11-5-4-8-16(24)21-18/h1-8,11,14,17H,9-10,12H2. The Balaban J connectivity index is 1.93. The van der Waals surface area contributed by atoms with Crippen molar-refractivity contribution in [1.29, 1.82) is 0 Å². The fraction of sp³-hybridized carbons (Fsp3) is 0.263. The molecule has 25 heavy (non-hydrogen) atoms. The number of rotatable bonds is 5. The maximum atomic E-state index is 13.1. The van der Waals surface area contributed by atoms with Crippen molar-refractivity contribution in [3.05, 3.63) is 92.3 Å². The molecule has 124 valence electrons. The smallest absolute Gasteiger partial charge is 0.261 e. The summed E-state index contributed by atoms with van der Waals surface area (Å²) in [6.07, 6.45) is 4.21. The second-order valence-corrected chi connectivity index (χ2v) is 6.36. The third-order valence-electron chi connectivity index (χ3n) is 4.61. The maximum Gasteiger partial charge on any atom is 0.261 e. The van der Waals surface area contributed by atoms with E-state index in [0.29, 0.717) is 23.3 Å². The minimum absolute atomic E-state index is 0.0942. The molecule has 1 aliphatic carbocycles. The summed E-state index contributed by atoms with van der Waals surface area (Å²) in [7, 11) is 0. The Bertz CT molecular complexity index is 1020. The van der Waals surface area contributed by atoms with Crippen LogP contribution in [0.5, 0.6) is 0 Å². The van der Waals surface area contributed by atoms with Gasteiger partial charge in [0.15, 0.2) is 0 Å². The van der Waals surface area contributed by atoms with E-state index >= 15 is 0 Å². The molecule has 0 saturated heterocycles. The average molecular weight is 331 g/mol. The lowest BCUT2D eigenvalue weighted by molar-refractivity contribution is 0.602. The number of fused-ring (bicyclic) bond motifs is 1. The van der Waals surface area contributed by atoms with Crippen LogP contribution in [0.4, 0.5) is 0 Å². The van der Waals surface area contributed by atoms with Crippen LogP contribution >= 0.6 is 0 Å². The molecule has 2 heterocycles. The van der Waals surface area contributed by atoms with Crippen molar-refractivity contribution in [2.45, 2.75) is 25.3 Å². The van der Waals surface area contributed by atoms with E-state index in [0.717, 1.165) is 18.4 Å². The van der Waals surface area contributed by atoms with Gasteiger partial charge in [-0.25, -0.2) is 4.98 Å². The highest BCUT2D eigenvalue weighted by molar-refractivity contribution is 5.43. The van der Waals surface area contributed by atoms with Gasteiger partial charge in [-0.05, 0) is 42.0 Å². The highest BCUT2D eigenvalue weighted by Crippen LogP contribution is 2.43. The molecule has 0 bridgehead atoms. The summed E-state index contributed by atoms with van der Waals surface area (Å²) in [4.78, 5) is 20.8. The van der Waals surface area contributed by atoms with E-state index in [1.165, 1.54) is 0 Å². The molecule has 0 aliphatic heterocycles. The molecule has 1 aromatic carbocycles. The van der Waals surface area contributed by atoms with Crippen LogP contribution < -0.4 is 5.56 Å². The predicted molar refractivity (Wildman–Crippen MR) is 95.3 cm³/mol. The highest BCUT2D eigenvalue weighted by atomic mass is 16.1. The molecule has 1 atom stereocenters. The third kappa shape index (κ3) is 2.99. The molecule has 2 aromatic heterocycles. The van der Waals surface area contributed by atoms with Crippen molar-refractivity contribution in [2.75, 3.05) is 0 Å². The Hall–Kier alpha value is -3.11. The molecule has 0 spiro atoms. The lowest BCUT2D eigenvalue weighted by Crippen LogP contribution is -2.24. The summed E-state index contributed by atoms with van der Waals surface area (Å²) in [6, 6.07) is 14.9. The zero-order valence-electron chi connectivity index (χ0n) is 13.6. The Morgan fingerprint density at radius 1 is 1.20 bits per heavy atom. The van der Waals surface area contributed by atoms with Gasteiger partial charge in [0.25, 0.3) is 5.56 Å². The van der Waals surface area contributed by atoms with E-state index in [1.807, 2.05) is 42.5 Å². The summed E-state index contributed by atoms with van der Waals surface area (Å²) >= 11 is 0. The zero-order valence-corrected chi connectivity index (χ0v) is 13.6. The fourth-order valence-electron chi connectivity index (χ4n) is 3.19. The molecule has 1 aliphatic rings. The third-order valence-corrected chi connectivity index (χ3v) is 4.61. The summed E-state index contributed by atoms with van der Waals surface area (Å²) in [5, 5.41) is 3.98. The van der Waals surface area contributed by atoms with Crippen molar-refractivity contribution in [1.82, 2.24) is 9.38 Å². The molecule has 0 radical (unpaired) electrons. The minimum Gasteiger partial charge on any atom is -0.269 e. The van der Waals surface area contributed by atoms with Gasteiger partial charge in [-0.15, -0.1) is 0 Å². The number of nitrogens with zero attached hydrogens (tertiary/aromatic N) is 5. The maximum absolute atomic E-state index is 13.1. The Kier molecular flexibility index (Phi) is 3.96. The van der Waals surface area contributed by atoms with Crippen LogP contribution in [0.3, 0.4) is 0 Å². The average Bonchev–Trinajstić information content (AvgIpc) is 3.48. The first kappa shape index (κ1) is 15.4. The lowest BCUT2D eigenvalue weighted by atomic mass is 9.99. The van der Waals surface area contributed by atoms with E-state index in [4.69, 9.17) is 10.5 Å². The van der Waals surface area contributed by atoms with Gasteiger partial charge in [0.1, 0.15) is 5.65 Å². The summed E-state index contributed by atoms with van der Waals surface area (Å²) in [5.74, 6) is 0.281. The fourth-order valence-corrected chi connectivity index (χ4v) is 3.19. The first-order valence-electron chi connectivity index (χ1n) is 8.36. The van der Waals surface area contributed by atoms with Crippen LogP contribution in [-0.2, 0) is 6.42 Å². The van der Waals surface area contributed by atoms with Gasteiger partial charge < -0.3 is 0 Å². The molecule has 6 nitrogen and oxygen atoms in total. The van der Waals surface area contributed by atoms with Gasteiger partial charge in [-0.3, -0.25) is 9.20 Å². The second-order valence-electron chi connectivity index (χ2n) is 6.36. The van der Waals surface area contributed by atoms with Crippen LogP contribution in [0.2, 0.25) is 0 Å². The van der Waals surface area contributed by atoms with Gasteiger partial charge in [0.05, 0.1) is 11.7 Å². The van der Waals surface area contributed by atoms with Crippen molar-refractivity contribution in [2.24, 2.45) is 11.0 Å². The van der Waals surface area contributed by atoms with Gasteiger partial charge >= 0.3 is 0 Å². The number of hydrogen-bond donors (Lipinski definition) is 0. The molecule has 1 fully saturated rings. The molecule has 1 saturated carbocycles. The Morgan fingerprint density at radius 3 is 2.68 bits per heavy atom. The SMILES string of the molecule is [N-]=[N+]=NC(c1nc2ccccn2c(=O)c1Cc1ccccc1)C1CC1. The first-order chi connectivity index (χ1) is 12.3. The zero-order chi connectivity index (χ0) is 17.2. The van der Waals surface area contributed by atoms with Crippen LogP contribution in [-0.4, -0.2) is 9.38 Å². The van der Waals surface area contributed by atoms with Crippen molar-refractivity contribution in [3.63, 3.8) is 0 Å². The van der Waals surface area contributed by atoms with Gasteiger partial charge in [-0.1, -0.05) is 41.5 Å². The largest absolute Gasteiger partial charge is 0.269 e. The van der Waals surface area contributed by atoms with Crippen LogP contribution in [0, 0.1) is 5.92 Å². The molecule has 0 amide bonds. The Labute approximate surface area is 144 Å². The summed E-state index contributed by atoms with van der Waals surface area (Å²) < 4.78 is 1.56. The van der Waals surface area contributed by atoms with Crippen molar-refractivity contribution >= 4 is 5.65 Å².